The zero-order valence-corrected chi connectivity index (χ0v) is 3.94. The van der Waals surface area contributed by atoms with Crippen LogP contribution in [-0.2, 0) is 14.5 Å². The summed E-state index contributed by atoms with van der Waals surface area (Å²) in [5, 5.41) is 0. The maximum Gasteiger partial charge on any atom is 0.425 e. The highest BCUT2D eigenvalue weighted by Gasteiger charge is 2.41. The molecule has 0 aliphatic rings. The van der Waals surface area contributed by atoms with Crippen molar-refractivity contribution < 1.29 is 27.8 Å². The highest BCUT2D eigenvalue weighted by Crippen LogP contribution is 2.11. The van der Waals surface area contributed by atoms with Gasteiger partial charge in [-0.2, -0.15) is 8.78 Å². The van der Waals surface area contributed by atoms with Crippen molar-refractivity contribution in [3.8, 4) is 0 Å². The Kier molecular flexibility index (Phi) is 2.18. The lowest BCUT2D eigenvalue weighted by atomic mass is 10.4. The zero-order chi connectivity index (χ0) is 7.49. The van der Waals surface area contributed by atoms with E-state index in [1.165, 1.54) is 0 Å². The van der Waals surface area contributed by atoms with Gasteiger partial charge in [0.25, 0.3) is 0 Å². The van der Waals surface area contributed by atoms with E-state index in [-0.39, 0.29) is 0 Å². The Labute approximate surface area is 47.3 Å². The third-order valence-electron chi connectivity index (χ3n) is 0.490. The molecule has 0 unspecified atom stereocenters. The Morgan fingerprint density at radius 2 is 2.00 bits per heavy atom. The van der Waals surface area contributed by atoms with Crippen LogP contribution in [0.2, 0.25) is 0 Å². The van der Waals surface area contributed by atoms with Gasteiger partial charge < -0.3 is 0 Å². The zero-order valence-electron chi connectivity index (χ0n) is 3.94. The van der Waals surface area contributed by atoms with E-state index >= 15 is 0 Å². The smallest absolute Gasteiger partial charge is 0.296 e. The van der Waals surface area contributed by atoms with Crippen molar-refractivity contribution in [2.45, 2.75) is 5.92 Å². The second-order valence-corrected chi connectivity index (χ2v) is 1.11. The molecule has 0 aromatic carbocycles. The molecule has 6 heteroatoms. The predicted octanol–water partition coefficient (Wildman–Crippen LogP) is 0.248. The fraction of sp³-hybridized carbons (Fsp3) is 0.333. The summed E-state index contributed by atoms with van der Waals surface area (Å²) in [7, 11) is 0. The Balaban J connectivity index is 4.14. The van der Waals surface area contributed by atoms with Gasteiger partial charge in [-0.3, -0.25) is 4.79 Å². The average molecular weight is 142 g/mol. The van der Waals surface area contributed by atoms with Gasteiger partial charge in [0, 0.05) is 4.53 Å². The molecule has 0 atom stereocenters. The fourth-order valence-corrected chi connectivity index (χ4v) is 0.0995. The van der Waals surface area contributed by atoms with Gasteiger partial charge in [-0.25, -0.2) is 9.74 Å². The van der Waals surface area contributed by atoms with Crippen molar-refractivity contribution in [1.82, 2.24) is 0 Å². The molecule has 0 fully saturated rings. The maximum absolute atomic E-state index is 11.5. The molecule has 0 heterocycles. The molecular formula is C3HF3O3. The molecule has 0 aliphatic carbocycles. The van der Waals surface area contributed by atoms with E-state index < -0.39 is 18.2 Å². The molecule has 0 spiro atoms. The molecule has 3 nitrogen and oxygen atoms in total. The van der Waals surface area contributed by atoms with Crippen LogP contribution >= 0.6 is 0 Å². The lowest BCUT2D eigenvalue weighted by Crippen LogP contribution is -2.30. The van der Waals surface area contributed by atoms with E-state index in [1.807, 2.05) is 0 Å². The first-order chi connectivity index (χ1) is 4.04. The molecule has 0 aromatic rings. The van der Waals surface area contributed by atoms with Gasteiger partial charge in [-0.15, -0.1) is 0 Å². The topological polar surface area (TPSA) is 43.4 Å². The molecule has 0 bridgehead atoms. The summed E-state index contributed by atoms with van der Waals surface area (Å²) in [5.41, 5.74) is 0. The number of aldehydes is 1. The minimum atomic E-state index is -4.37. The van der Waals surface area contributed by atoms with Crippen LogP contribution < -0.4 is 0 Å². The van der Waals surface area contributed by atoms with E-state index in [4.69, 9.17) is 0 Å². The molecule has 0 aromatic heterocycles. The van der Waals surface area contributed by atoms with Crippen molar-refractivity contribution >= 4 is 12.3 Å². The molecule has 9 heavy (non-hydrogen) atoms. The highest BCUT2D eigenvalue weighted by molar-refractivity contribution is 5.93. The normalized spacial score (nSPS) is 10.6. The minimum absolute atomic E-state index is 1.01. The first-order valence-corrected chi connectivity index (χ1v) is 1.71. The van der Waals surface area contributed by atoms with Crippen LogP contribution in [0.1, 0.15) is 0 Å². The van der Waals surface area contributed by atoms with Gasteiger partial charge in [0.05, 0.1) is 0 Å². The van der Waals surface area contributed by atoms with E-state index in [2.05, 4.69) is 4.94 Å². The lowest BCUT2D eigenvalue weighted by molar-refractivity contribution is -0.208. The van der Waals surface area contributed by atoms with Crippen LogP contribution in [0.3, 0.4) is 0 Å². The Morgan fingerprint density at radius 3 is 2.11 bits per heavy atom. The van der Waals surface area contributed by atoms with Crippen LogP contribution in [-0.4, -0.2) is 18.2 Å². The monoisotopic (exact) mass is 142 g/mol. The maximum atomic E-state index is 11.5. The summed E-state index contributed by atoms with van der Waals surface area (Å²) in [6.07, 6.45) is -1.01. The van der Waals surface area contributed by atoms with Crippen molar-refractivity contribution in [3.05, 3.63) is 0 Å². The number of alkyl halides is 2. The summed E-state index contributed by atoms with van der Waals surface area (Å²) in [4.78, 5) is 20.8. The number of rotatable bonds is 2. The molecule has 0 rings (SSSR count). The number of halogens is 3. The van der Waals surface area contributed by atoms with Gasteiger partial charge in [0.1, 0.15) is 0 Å². The van der Waals surface area contributed by atoms with Crippen molar-refractivity contribution in [2.24, 2.45) is 0 Å². The Morgan fingerprint density at radius 1 is 1.56 bits per heavy atom. The fourth-order valence-electron chi connectivity index (χ4n) is 0.0995. The van der Waals surface area contributed by atoms with Gasteiger partial charge in [-0.1, -0.05) is 0 Å². The molecule has 52 valence electrons. The van der Waals surface area contributed by atoms with E-state index in [0.29, 0.717) is 0 Å². The summed E-state index contributed by atoms with van der Waals surface area (Å²) in [6.45, 7) is 0. The molecule has 0 saturated carbocycles. The standard InChI is InChI=1S/C3HF3O3/c4-3(5,1-7)2(8)9-6/h1H. The Bertz CT molecular complexity index is 132. The number of carbonyl (C=O) groups is 2. The summed E-state index contributed by atoms with van der Waals surface area (Å²) >= 11 is 0. The van der Waals surface area contributed by atoms with Crippen LogP contribution in [0, 0.1) is 0 Å². The second kappa shape index (κ2) is 2.47. The van der Waals surface area contributed by atoms with Gasteiger partial charge >= 0.3 is 11.9 Å². The molecule has 0 saturated heterocycles. The predicted molar refractivity (Wildman–Crippen MR) is 18.2 cm³/mol. The summed E-state index contributed by atoms with van der Waals surface area (Å²) < 4.78 is 33.5. The minimum Gasteiger partial charge on any atom is -0.296 e. The highest BCUT2D eigenvalue weighted by atomic mass is 19.3. The van der Waals surface area contributed by atoms with E-state index in [0.717, 1.165) is 0 Å². The Hall–Kier alpha value is -1.07. The molecule has 0 amide bonds. The first-order valence-electron chi connectivity index (χ1n) is 1.71. The molecular weight excluding hydrogens is 141 g/mol. The average Bonchev–Trinajstić information content (AvgIpc) is 1.86. The van der Waals surface area contributed by atoms with Crippen LogP contribution in [0.5, 0.6) is 0 Å². The van der Waals surface area contributed by atoms with Crippen molar-refractivity contribution in [2.75, 3.05) is 0 Å². The van der Waals surface area contributed by atoms with Crippen LogP contribution in [0.25, 0.3) is 0 Å². The number of hydrogen-bond acceptors (Lipinski definition) is 3. The quantitative estimate of drug-likeness (QED) is 0.410. The largest absolute Gasteiger partial charge is 0.425 e. The first kappa shape index (κ1) is 7.93. The van der Waals surface area contributed by atoms with Gasteiger partial charge in [-0.05, 0) is 0 Å². The second-order valence-electron chi connectivity index (χ2n) is 1.11. The summed E-state index contributed by atoms with van der Waals surface area (Å²) in [5.74, 6) is -6.87. The van der Waals surface area contributed by atoms with Gasteiger partial charge in [0.15, 0.2) is 0 Å². The van der Waals surface area contributed by atoms with Gasteiger partial charge in [0.2, 0.25) is 6.29 Å². The van der Waals surface area contributed by atoms with Crippen LogP contribution in [0.15, 0.2) is 0 Å². The van der Waals surface area contributed by atoms with E-state index in [9.17, 15) is 22.9 Å². The number of hydrogen-bond donors (Lipinski definition) is 0. The third-order valence-corrected chi connectivity index (χ3v) is 0.490. The van der Waals surface area contributed by atoms with Crippen molar-refractivity contribution in [1.29, 1.82) is 0 Å². The third kappa shape index (κ3) is 1.71. The SMILES string of the molecule is O=CC(F)(F)C(=O)OF. The van der Waals surface area contributed by atoms with E-state index in [1.54, 1.807) is 0 Å². The summed E-state index contributed by atoms with van der Waals surface area (Å²) in [6, 6.07) is 0. The molecule has 0 N–H and O–H groups in total. The molecule has 0 radical (unpaired) electrons. The molecule has 0 aliphatic heterocycles. The van der Waals surface area contributed by atoms with Crippen molar-refractivity contribution in [3.63, 3.8) is 0 Å². The van der Waals surface area contributed by atoms with Crippen LogP contribution in [0.4, 0.5) is 13.3 Å². The number of carbonyl (C=O) groups excluding carboxylic acids is 2. The lowest BCUT2D eigenvalue weighted by Gasteiger charge is -1.99.